The number of halogens is 1. The predicted molar refractivity (Wildman–Crippen MR) is 70.9 cm³/mol. The van der Waals surface area contributed by atoms with Crippen LogP contribution >= 0.6 is 11.6 Å². The zero-order valence-electron chi connectivity index (χ0n) is 10.4. The lowest BCUT2D eigenvalue weighted by Crippen LogP contribution is -2.20. The van der Waals surface area contributed by atoms with Crippen molar-refractivity contribution < 1.29 is 9.53 Å². The second-order valence-electron chi connectivity index (χ2n) is 4.02. The van der Waals surface area contributed by atoms with Gasteiger partial charge in [-0.25, -0.2) is 9.78 Å². The van der Waals surface area contributed by atoms with Gasteiger partial charge < -0.3 is 9.30 Å². The van der Waals surface area contributed by atoms with Gasteiger partial charge in [0.1, 0.15) is 11.9 Å². The zero-order chi connectivity index (χ0) is 13.1. The van der Waals surface area contributed by atoms with Gasteiger partial charge in [0.05, 0.1) is 18.1 Å². The van der Waals surface area contributed by atoms with Gasteiger partial charge in [-0.3, -0.25) is 0 Å². The third-order valence-corrected chi connectivity index (χ3v) is 3.11. The number of rotatable bonds is 4. The standard InChI is InChI=1S/C13H15ClN2O2/c1-9(13(17)18-2)16-11-6-4-3-5-10(11)15-12(16)7-8-14/h3-6,9H,7-8H2,1-2H3. The summed E-state index contributed by atoms with van der Waals surface area (Å²) >= 11 is 5.78. The topological polar surface area (TPSA) is 44.1 Å². The lowest BCUT2D eigenvalue weighted by molar-refractivity contribution is -0.143. The van der Waals surface area contributed by atoms with Crippen molar-refractivity contribution in [2.24, 2.45) is 0 Å². The number of ether oxygens (including phenoxy) is 1. The summed E-state index contributed by atoms with van der Waals surface area (Å²) in [5.74, 6) is 0.995. The number of aromatic nitrogens is 2. The van der Waals surface area contributed by atoms with Gasteiger partial charge in [-0.2, -0.15) is 0 Å². The van der Waals surface area contributed by atoms with Crippen LogP contribution in [-0.2, 0) is 16.0 Å². The average molecular weight is 267 g/mol. The molecule has 2 aromatic rings. The van der Waals surface area contributed by atoms with Crippen LogP contribution in [0.15, 0.2) is 24.3 Å². The van der Waals surface area contributed by atoms with Crippen LogP contribution in [0.4, 0.5) is 0 Å². The SMILES string of the molecule is COC(=O)C(C)n1c(CCCl)nc2ccccc21. The van der Waals surface area contributed by atoms with Crippen LogP contribution in [0.3, 0.4) is 0 Å². The number of aryl methyl sites for hydroxylation is 1. The molecule has 0 bridgehead atoms. The van der Waals surface area contributed by atoms with Gasteiger partial charge in [-0.1, -0.05) is 12.1 Å². The Hall–Kier alpha value is -1.55. The van der Waals surface area contributed by atoms with E-state index in [0.29, 0.717) is 12.3 Å². The molecular formula is C13H15ClN2O2. The van der Waals surface area contributed by atoms with Crippen molar-refractivity contribution >= 4 is 28.6 Å². The van der Waals surface area contributed by atoms with Crippen molar-refractivity contribution in [3.8, 4) is 0 Å². The average Bonchev–Trinajstić information content (AvgIpc) is 2.75. The van der Waals surface area contributed by atoms with Gasteiger partial charge in [0.2, 0.25) is 0 Å². The number of para-hydroxylation sites is 2. The molecule has 0 amide bonds. The molecule has 4 nitrogen and oxygen atoms in total. The summed E-state index contributed by atoms with van der Waals surface area (Å²) in [7, 11) is 1.39. The van der Waals surface area contributed by atoms with Crippen LogP contribution in [0.2, 0.25) is 0 Å². The Morgan fingerprint density at radius 1 is 1.50 bits per heavy atom. The Labute approximate surface area is 111 Å². The number of fused-ring (bicyclic) bond motifs is 1. The van der Waals surface area contributed by atoms with E-state index in [1.807, 2.05) is 28.8 Å². The molecule has 0 aliphatic carbocycles. The number of alkyl halides is 1. The number of hydrogen-bond donors (Lipinski definition) is 0. The lowest BCUT2D eigenvalue weighted by Gasteiger charge is -2.14. The van der Waals surface area contributed by atoms with E-state index in [1.165, 1.54) is 7.11 Å². The first-order valence-electron chi connectivity index (χ1n) is 5.78. The molecule has 0 fully saturated rings. The second kappa shape index (κ2) is 5.40. The second-order valence-corrected chi connectivity index (χ2v) is 4.40. The van der Waals surface area contributed by atoms with Crippen LogP contribution in [-0.4, -0.2) is 28.5 Å². The number of carbonyl (C=O) groups is 1. The molecule has 18 heavy (non-hydrogen) atoms. The zero-order valence-corrected chi connectivity index (χ0v) is 11.1. The monoisotopic (exact) mass is 266 g/mol. The van der Waals surface area contributed by atoms with Crippen molar-refractivity contribution in [2.45, 2.75) is 19.4 Å². The van der Waals surface area contributed by atoms with E-state index >= 15 is 0 Å². The molecule has 96 valence electrons. The van der Waals surface area contributed by atoms with Crippen molar-refractivity contribution in [1.29, 1.82) is 0 Å². The maximum Gasteiger partial charge on any atom is 0.328 e. The van der Waals surface area contributed by atoms with E-state index in [-0.39, 0.29) is 5.97 Å². The number of nitrogens with zero attached hydrogens (tertiary/aromatic N) is 2. The quantitative estimate of drug-likeness (QED) is 0.631. The molecule has 0 radical (unpaired) electrons. The number of benzene rings is 1. The molecule has 1 heterocycles. The molecule has 0 aliphatic heterocycles. The smallest absolute Gasteiger partial charge is 0.328 e. The van der Waals surface area contributed by atoms with Crippen LogP contribution in [0.25, 0.3) is 11.0 Å². The number of imidazole rings is 1. The van der Waals surface area contributed by atoms with Gasteiger partial charge in [0.15, 0.2) is 0 Å². The fourth-order valence-electron chi connectivity index (χ4n) is 2.06. The molecule has 1 aromatic heterocycles. The fraction of sp³-hybridized carbons (Fsp3) is 0.385. The third-order valence-electron chi connectivity index (χ3n) is 2.92. The maximum atomic E-state index is 11.7. The van der Waals surface area contributed by atoms with E-state index in [1.54, 1.807) is 6.92 Å². The van der Waals surface area contributed by atoms with Gasteiger partial charge in [0.25, 0.3) is 0 Å². The largest absolute Gasteiger partial charge is 0.467 e. The van der Waals surface area contributed by atoms with Gasteiger partial charge >= 0.3 is 5.97 Å². The van der Waals surface area contributed by atoms with Gasteiger partial charge in [0, 0.05) is 12.3 Å². The van der Waals surface area contributed by atoms with Gasteiger partial charge in [-0.15, -0.1) is 11.6 Å². The summed E-state index contributed by atoms with van der Waals surface area (Å²) in [6.07, 6.45) is 0.623. The minimum Gasteiger partial charge on any atom is -0.467 e. The number of esters is 1. The Bertz CT molecular complexity index is 565. The third kappa shape index (κ3) is 2.20. The van der Waals surface area contributed by atoms with Crippen molar-refractivity contribution in [3.05, 3.63) is 30.1 Å². The number of methoxy groups -OCH3 is 1. The van der Waals surface area contributed by atoms with E-state index in [9.17, 15) is 4.79 Å². The molecule has 5 heteroatoms. The van der Waals surface area contributed by atoms with E-state index in [0.717, 1.165) is 16.9 Å². The minimum absolute atomic E-state index is 0.283. The summed E-state index contributed by atoms with van der Waals surface area (Å²) in [6.45, 7) is 1.80. The number of carbonyl (C=O) groups excluding carboxylic acids is 1. The highest BCUT2D eigenvalue weighted by Crippen LogP contribution is 2.22. The molecule has 1 atom stereocenters. The van der Waals surface area contributed by atoms with Crippen LogP contribution in [0, 0.1) is 0 Å². The Morgan fingerprint density at radius 2 is 2.22 bits per heavy atom. The molecule has 0 saturated carbocycles. The predicted octanol–water partition coefficient (Wildman–Crippen LogP) is 2.55. The highest BCUT2D eigenvalue weighted by Gasteiger charge is 2.21. The van der Waals surface area contributed by atoms with Crippen LogP contribution in [0.1, 0.15) is 18.8 Å². The van der Waals surface area contributed by atoms with Crippen LogP contribution in [0.5, 0.6) is 0 Å². The van der Waals surface area contributed by atoms with Gasteiger partial charge in [-0.05, 0) is 19.1 Å². The lowest BCUT2D eigenvalue weighted by atomic mass is 10.2. The molecule has 0 N–H and O–H groups in total. The fourth-order valence-corrected chi connectivity index (χ4v) is 2.23. The summed E-state index contributed by atoms with van der Waals surface area (Å²) in [6, 6.07) is 7.32. The normalized spacial score (nSPS) is 12.6. The van der Waals surface area contributed by atoms with Crippen LogP contribution < -0.4 is 0 Å². The maximum absolute atomic E-state index is 11.7. The molecule has 1 aromatic carbocycles. The minimum atomic E-state index is -0.402. The first-order chi connectivity index (χ1) is 8.69. The molecule has 0 spiro atoms. The highest BCUT2D eigenvalue weighted by molar-refractivity contribution is 6.17. The molecule has 1 unspecified atom stereocenters. The highest BCUT2D eigenvalue weighted by atomic mass is 35.5. The van der Waals surface area contributed by atoms with E-state index < -0.39 is 6.04 Å². The van der Waals surface area contributed by atoms with E-state index in [2.05, 4.69) is 4.98 Å². The Morgan fingerprint density at radius 3 is 2.89 bits per heavy atom. The summed E-state index contributed by atoms with van der Waals surface area (Å²) in [5.41, 5.74) is 1.80. The first kappa shape index (κ1) is 12.9. The van der Waals surface area contributed by atoms with Crippen molar-refractivity contribution in [3.63, 3.8) is 0 Å². The van der Waals surface area contributed by atoms with E-state index in [4.69, 9.17) is 16.3 Å². The molecule has 0 aliphatic rings. The molecule has 0 saturated heterocycles. The first-order valence-corrected chi connectivity index (χ1v) is 6.32. The number of hydrogen-bond acceptors (Lipinski definition) is 3. The Kier molecular flexibility index (Phi) is 3.87. The summed E-state index contributed by atoms with van der Waals surface area (Å²) in [5, 5.41) is 0. The van der Waals surface area contributed by atoms with Crippen molar-refractivity contribution in [1.82, 2.24) is 9.55 Å². The molecule has 2 rings (SSSR count). The van der Waals surface area contributed by atoms with Crippen molar-refractivity contribution in [2.75, 3.05) is 13.0 Å². The summed E-state index contributed by atoms with van der Waals surface area (Å²) < 4.78 is 6.69. The Balaban J connectivity index is 2.57. The molecular weight excluding hydrogens is 252 g/mol. The summed E-state index contributed by atoms with van der Waals surface area (Å²) in [4.78, 5) is 16.2.